The number of carbonyl (C=O) groups is 1. The van der Waals surface area contributed by atoms with Gasteiger partial charge in [-0.05, 0) is 6.92 Å². The van der Waals surface area contributed by atoms with E-state index in [2.05, 4.69) is 15.2 Å². The summed E-state index contributed by atoms with van der Waals surface area (Å²) in [6.07, 6.45) is 1.81. The zero-order chi connectivity index (χ0) is 8.97. The van der Waals surface area contributed by atoms with E-state index >= 15 is 0 Å². The van der Waals surface area contributed by atoms with Gasteiger partial charge < -0.3 is 5.11 Å². The topological polar surface area (TPSA) is 76.0 Å². The van der Waals surface area contributed by atoms with Crippen molar-refractivity contribution in [1.29, 1.82) is 0 Å². The van der Waals surface area contributed by atoms with Crippen molar-refractivity contribution in [3.8, 4) is 0 Å². The van der Waals surface area contributed by atoms with Crippen molar-refractivity contribution in [2.75, 3.05) is 0 Å². The molecule has 0 fully saturated rings. The van der Waals surface area contributed by atoms with Crippen molar-refractivity contribution in [3.05, 3.63) is 17.7 Å². The Bertz CT molecular complexity index is 288. The number of carboxylic acid groups (broad SMARTS) is 1. The molecule has 0 spiro atoms. The number of aromatic nitrogens is 3. The average Bonchev–Trinajstić information content (AvgIpc) is 2.03. The van der Waals surface area contributed by atoms with Gasteiger partial charge >= 0.3 is 5.97 Å². The van der Waals surface area contributed by atoms with Crippen LogP contribution in [0.2, 0.25) is 0 Å². The third-order valence-electron chi connectivity index (χ3n) is 1.47. The molecule has 0 unspecified atom stereocenters. The molecule has 0 saturated heterocycles. The molecule has 5 heteroatoms. The second-order valence-corrected chi connectivity index (χ2v) is 2.39. The van der Waals surface area contributed by atoms with E-state index in [0.29, 0.717) is 12.1 Å². The molecule has 1 N–H and O–H groups in total. The maximum atomic E-state index is 10.2. The predicted octanol–water partition coefficient (Wildman–Crippen LogP) is 0.197. The molecule has 1 aromatic heterocycles. The zero-order valence-electron chi connectivity index (χ0n) is 6.69. The first kappa shape index (κ1) is 8.58. The second-order valence-electron chi connectivity index (χ2n) is 2.39. The number of hydrogen-bond donors (Lipinski definition) is 1. The van der Waals surface area contributed by atoms with Gasteiger partial charge in [0.25, 0.3) is 0 Å². The van der Waals surface area contributed by atoms with Crippen LogP contribution in [0.4, 0.5) is 0 Å². The molecular formula is C7H9N3O2. The fourth-order valence-corrected chi connectivity index (χ4v) is 0.811. The Morgan fingerprint density at radius 2 is 2.42 bits per heavy atom. The Hall–Kier alpha value is -1.52. The number of carboxylic acids is 1. The lowest BCUT2D eigenvalue weighted by atomic mass is 10.2. The van der Waals surface area contributed by atoms with Gasteiger partial charge in [0.1, 0.15) is 6.33 Å². The number of aryl methyl sites for hydroxylation is 2. The fraction of sp³-hybridized carbons (Fsp3) is 0.429. The van der Waals surface area contributed by atoms with E-state index in [1.54, 1.807) is 6.92 Å². The molecule has 5 nitrogen and oxygen atoms in total. The monoisotopic (exact) mass is 167 g/mol. The lowest BCUT2D eigenvalue weighted by Gasteiger charge is -1.98. The number of rotatable bonds is 3. The summed E-state index contributed by atoms with van der Waals surface area (Å²) in [5, 5.41) is 15.7. The summed E-state index contributed by atoms with van der Waals surface area (Å²) in [4.78, 5) is 14.1. The van der Waals surface area contributed by atoms with Gasteiger partial charge in [-0.1, -0.05) is 0 Å². The largest absolute Gasteiger partial charge is 0.481 e. The van der Waals surface area contributed by atoms with Gasteiger partial charge in [0, 0.05) is 6.42 Å². The highest BCUT2D eigenvalue weighted by molar-refractivity contribution is 5.66. The third kappa shape index (κ3) is 2.26. The Labute approximate surface area is 69.5 Å². The van der Waals surface area contributed by atoms with E-state index < -0.39 is 5.97 Å². The van der Waals surface area contributed by atoms with Crippen molar-refractivity contribution < 1.29 is 9.90 Å². The van der Waals surface area contributed by atoms with Crippen LogP contribution in [-0.2, 0) is 11.2 Å². The van der Waals surface area contributed by atoms with Crippen molar-refractivity contribution in [3.63, 3.8) is 0 Å². The van der Waals surface area contributed by atoms with Gasteiger partial charge in [-0.2, -0.15) is 5.10 Å². The van der Waals surface area contributed by atoms with E-state index in [9.17, 15) is 4.79 Å². The van der Waals surface area contributed by atoms with Gasteiger partial charge in [0.05, 0.1) is 17.8 Å². The summed E-state index contributed by atoms with van der Waals surface area (Å²) in [6.45, 7) is 1.78. The Morgan fingerprint density at radius 3 is 3.00 bits per heavy atom. The molecule has 0 saturated carbocycles. The molecule has 0 aromatic carbocycles. The van der Waals surface area contributed by atoms with Crippen molar-refractivity contribution >= 4 is 5.97 Å². The predicted molar refractivity (Wildman–Crippen MR) is 40.5 cm³/mol. The molecule has 0 radical (unpaired) electrons. The van der Waals surface area contributed by atoms with Crippen LogP contribution < -0.4 is 0 Å². The lowest BCUT2D eigenvalue weighted by Crippen LogP contribution is -2.03. The van der Waals surface area contributed by atoms with Crippen molar-refractivity contribution in [1.82, 2.24) is 15.2 Å². The molecule has 64 valence electrons. The molecule has 0 amide bonds. The highest BCUT2D eigenvalue weighted by Crippen LogP contribution is 2.01. The maximum Gasteiger partial charge on any atom is 0.303 e. The smallest absolute Gasteiger partial charge is 0.303 e. The molecule has 12 heavy (non-hydrogen) atoms. The maximum absolute atomic E-state index is 10.2. The summed E-state index contributed by atoms with van der Waals surface area (Å²) in [6, 6.07) is 0. The van der Waals surface area contributed by atoms with E-state index in [4.69, 9.17) is 5.11 Å². The van der Waals surface area contributed by atoms with E-state index in [0.717, 1.165) is 5.69 Å². The van der Waals surface area contributed by atoms with Crippen LogP contribution in [0.25, 0.3) is 0 Å². The zero-order valence-corrected chi connectivity index (χ0v) is 6.69. The van der Waals surface area contributed by atoms with E-state index in [1.165, 1.54) is 6.33 Å². The van der Waals surface area contributed by atoms with Crippen LogP contribution in [0.5, 0.6) is 0 Å². The molecule has 0 aliphatic rings. The van der Waals surface area contributed by atoms with E-state index in [1.807, 2.05) is 0 Å². The van der Waals surface area contributed by atoms with Crippen molar-refractivity contribution in [2.24, 2.45) is 0 Å². The average molecular weight is 167 g/mol. The molecule has 1 heterocycles. The SMILES string of the molecule is Cc1ncnnc1CCC(=O)O. The first-order valence-electron chi connectivity index (χ1n) is 3.55. The normalized spacial score (nSPS) is 9.75. The minimum absolute atomic E-state index is 0.0706. The second kappa shape index (κ2) is 3.75. The first-order valence-corrected chi connectivity index (χ1v) is 3.55. The van der Waals surface area contributed by atoms with Crippen LogP contribution in [0.3, 0.4) is 0 Å². The van der Waals surface area contributed by atoms with Crippen molar-refractivity contribution in [2.45, 2.75) is 19.8 Å². The van der Waals surface area contributed by atoms with Crippen LogP contribution in [0.1, 0.15) is 17.8 Å². The molecule has 0 atom stereocenters. The molecule has 0 aliphatic carbocycles. The third-order valence-corrected chi connectivity index (χ3v) is 1.47. The molecule has 1 aromatic rings. The minimum atomic E-state index is -0.833. The minimum Gasteiger partial charge on any atom is -0.481 e. The van der Waals surface area contributed by atoms with Crippen LogP contribution in [0, 0.1) is 6.92 Å². The summed E-state index contributed by atoms with van der Waals surface area (Å²) in [7, 11) is 0. The van der Waals surface area contributed by atoms with Crippen LogP contribution in [0.15, 0.2) is 6.33 Å². The Balaban J connectivity index is 2.63. The Morgan fingerprint density at radius 1 is 1.67 bits per heavy atom. The first-order chi connectivity index (χ1) is 5.70. The van der Waals surface area contributed by atoms with Gasteiger partial charge in [-0.3, -0.25) is 4.79 Å². The lowest BCUT2D eigenvalue weighted by molar-refractivity contribution is -0.136. The Kier molecular flexibility index (Phi) is 2.68. The molecule has 0 aliphatic heterocycles. The summed E-state index contributed by atoms with van der Waals surface area (Å²) >= 11 is 0. The fourth-order valence-electron chi connectivity index (χ4n) is 0.811. The van der Waals surface area contributed by atoms with Crippen LogP contribution >= 0.6 is 0 Å². The van der Waals surface area contributed by atoms with Gasteiger partial charge in [-0.15, -0.1) is 5.10 Å². The standard InChI is InChI=1S/C7H9N3O2/c1-5-6(2-3-7(11)12)10-9-4-8-5/h4H,2-3H2,1H3,(H,11,12). The summed E-state index contributed by atoms with van der Waals surface area (Å²) in [5.74, 6) is -0.833. The van der Waals surface area contributed by atoms with Crippen LogP contribution in [-0.4, -0.2) is 26.3 Å². The highest BCUT2D eigenvalue weighted by atomic mass is 16.4. The number of hydrogen-bond acceptors (Lipinski definition) is 4. The summed E-state index contributed by atoms with van der Waals surface area (Å²) < 4.78 is 0. The summed E-state index contributed by atoms with van der Waals surface area (Å²) in [5.41, 5.74) is 1.39. The molecular weight excluding hydrogens is 158 g/mol. The van der Waals surface area contributed by atoms with Gasteiger partial charge in [0.15, 0.2) is 0 Å². The quantitative estimate of drug-likeness (QED) is 0.695. The van der Waals surface area contributed by atoms with Gasteiger partial charge in [-0.25, -0.2) is 4.98 Å². The number of nitrogens with zero attached hydrogens (tertiary/aromatic N) is 3. The van der Waals surface area contributed by atoms with E-state index in [-0.39, 0.29) is 6.42 Å². The highest BCUT2D eigenvalue weighted by Gasteiger charge is 2.03. The van der Waals surface area contributed by atoms with Gasteiger partial charge in [0.2, 0.25) is 0 Å². The number of aliphatic carboxylic acids is 1. The molecule has 0 bridgehead atoms. The molecule has 1 rings (SSSR count).